The van der Waals surface area contributed by atoms with E-state index < -0.39 is 0 Å². The highest BCUT2D eigenvalue weighted by Gasteiger charge is 2.18. The molecule has 0 aliphatic carbocycles. The van der Waals surface area contributed by atoms with Crippen LogP contribution in [0.2, 0.25) is 0 Å². The van der Waals surface area contributed by atoms with E-state index in [0.29, 0.717) is 6.04 Å². The molecule has 2 rings (SSSR count). The van der Waals surface area contributed by atoms with Crippen molar-refractivity contribution in [1.29, 1.82) is 0 Å². The summed E-state index contributed by atoms with van der Waals surface area (Å²) < 4.78 is 5.25. The average molecular weight is 262 g/mol. The third-order valence-corrected chi connectivity index (χ3v) is 3.92. The van der Waals surface area contributed by atoms with Crippen LogP contribution >= 0.6 is 0 Å². The zero-order chi connectivity index (χ0) is 13.7. The molecule has 1 aliphatic rings. The van der Waals surface area contributed by atoms with Gasteiger partial charge in [0, 0.05) is 24.8 Å². The Kier molecular flexibility index (Phi) is 5.08. The molecular formula is C16H26N2O. The van der Waals surface area contributed by atoms with E-state index in [1.807, 2.05) is 6.07 Å². The Labute approximate surface area is 116 Å². The lowest BCUT2D eigenvalue weighted by Crippen LogP contribution is -2.39. The highest BCUT2D eigenvalue weighted by Crippen LogP contribution is 2.23. The second-order valence-corrected chi connectivity index (χ2v) is 5.44. The molecule has 1 heterocycles. The van der Waals surface area contributed by atoms with Crippen molar-refractivity contribution in [3.63, 3.8) is 0 Å². The van der Waals surface area contributed by atoms with Gasteiger partial charge in [-0.05, 0) is 56.5 Å². The molecule has 0 radical (unpaired) electrons. The Bertz CT molecular complexity index is 398. The summed E-state index contributed by atoms with van der Waals surface area (Å²) in [6.45, 7) is 8.08. The van der Waals surface area contributed by atoms with Crippen molar-refractivity contribution in [1.82, 2.24) is 4.90 Å². The van der Waals surface area contributed by atoms with Crippen LogP contribution < -0.4 is 10.1 Å². The number of hydrogen-bond donors (Lipinski definition) is 1. The molecule has 0 bridgehead atoms. The minimum absolute atomic E-state index is 0.611. The molecule has 1 N–H and O–H groups in total. The summed E-state index contributed by atoms with van der Waals surface area (Å²) in [6, 6.07) is 6.86. The number of likely N-dealkylation sites (tertiary alicyclic amines) is 1. The predicted octanol–water partition coefficient (Wildman–Crippen LogP) is 3.29. The monoisotopic (exact) mass is 262 g/mol. The van der Waals surface area contributed by atoms with Crippen molar-refractivity contribution in [2.75, 3.05) is 32.1 Å². The van der Waals surface area contributed by atoms with Crippen molar-refractivity contribution in [2.45, 2.75) is 39.2 Å². The fourth-order valence-electron chi connectivity index (χ4n) is 2.76. The number of nitrogens with one attached hydrogen (secondary N) is 1. The molecule has 1 fully saturated rings. The molecule has 1 aromatic carbocycles. The molecule has 0 amide bonds. The molecule has 1 saturated heterocycles. The first-order valence-electron chi connectivity index (χ1n) is 7.36. The van der Waals surface area contributed by atoms with Crippen LogP contribution in [0.1, 0.15) is 31.7 Å². The number of methoxy groups -OCH3 is 1. The number of ether oxygens (including phenoxy) is 1. The molecule has 3 nitrogen and oxygen atoms in total. The molecule has 3 heteroatoms. The molecule has 1 aliphatic heterocycles. The molecule has 0 spiro atoms. The van der Waals surface area contributed by atoms with E-state index in [1.165, 1.54) is 50.1 Å². The van der Waals surface area contributed by atoms with Crippen molar-refractivity contribution in [3.8, 4) is 5.75 Å². The summed E-state index contributed by atoms with van der Waals surface area (Å²) in [4.78, 5) is 2.57. The lowest BCUT2D eigenvalue weighted by Gasteiger charge is -2.33. The van der Waals surface area contributed by atoms with Crippen LogP contribution in [-0.2, 0) is 0 Å². The Balaban J connectivity index is 1.88. The SMILES string of the molecule is CCCN1CCC(Nc2ccc(OC)cc2C)CC1. The maximum Gasteiger partial charge on any atom is 0.119 e. The first-order valence-corrected chi connectivity index (χ1v) is 7.36. The van der Waals surface area contributed by atoms with E-state index in [2.05, 4.69) is 36.2 Å². The summed E-state index contributed by atoms with van der Waals surface area (Å²) in [5.74, 6) is 0.931. The van der Waals surface area contributed by atoms with Gasteiger partial charge in [0.05, 0.1) is 7.11 Å². The van der Waals surface area contributed by atoms with Crippen LogP contribution in [0.3, 0.4) is 0 Å². The Morgan fingerprint density at radius 1 is 1.32 bits per heavy atom. The summed E-state index contributed by atoms with van der Waals surface area (Å²) in [6.07, 6.45) is 3.74. The third-order valence-electron chi connectivity index (χ3n) is 3.92. The van der Waals surface area contributed by atoms with Crippen LogP contribution in [0.4, 0.5) is 5.69 Å². The summed E-state index contributed by atoms with van der Waals surface area (Å²) >= 11 is 0. The van der Waals surface area contributed by atoms with Gasteiger partial charge in [0.25, 0.3) is 0 Å². The summed E-state index contributed by atoms with van der Waals surface area (Å²) in [5.41, 5.74) is 2.50. The van der Waals surface area contributed by atoms with E-state index in [1.54, 1.807) is 7.11 Å². The van der Waals surface area contributed by atoms with Gasteiger partial charge in [-0.2, -0.15) is 0 Å². The van der Waals surface area contributed by atoms with Crippen LogP contribution in [0.25, 0.3) is 0 Å². The van der Waals surface area contributed by atoms with Crippen molar-refractivity contribution >= 4 is 5.69 Å². The minimum Gasteiger partial charge on any atom is -0.497 e. The van der Waals surface area contributed by atoms with Crippen molar-refractivity contribution in [2.24, 2.45) is 0 Å². The lowest BCUT2D eigenvalue weighted by molar-refractivity contribution is 0.219. The largest absolute Gasteiger partial charge is 0.497 e. The van der Waals surface area contributed by atoms with Crippen LogP contribution in [0, 0.1) is 6.92 Å². The normalized spacial score (nSPS) is 17.4. The van der Waals surface area contributed by atoms with Gasteiger partial charge in [-0.25, -0.2) is 0 Å². The van der Waals surface area contributed by atoms with Crippen LogP contribution in [0.5, 0.6) is 5.75 Å². The maximum atomic E-state index is 5.25. The minimum atomic E-state index is 0.611. The van der Waals surface area contributed by atoms with Gasteiger partial charge >= 0.3 is 0 Å². The molecule has 1 aromatic rings. The van der Waals surface area contributed by atoms with Crippen molar-refractivity contribution in [3.05, 3.63) is 23.8 Å². The molecule has 106 valence electrons. The maximum absolute atomic E-state index is 5.25. The van der Waals surface area contributed by atoms with Crippen LogP contribution in [0.15, 0.2) is 18.2 Å². The lowest BCUT2D eigenvalue weighted by atomic mass is 10.0. The average Bonchev–Trinajstić information content (AvgIpc) is 2.43. The first kappa shape index (κ1) is 14.2. The fraction of sp³-hybridized carbons (Fsp3) is 0.625. The number of benzene rings is 1. The zero-order valence-electron chi connectivity index (χ0n) is 12.4. The van der Waals surface area contributed by atoms with E-state index in [4.69, 9.17) is 4.74 Å². The van der Waals surface area contributed by atoms with Gasteiger partial charge < -0.3 is 15.0 Å². The van der Waals surface area contributed by atoms with E-state index in [0.717, 1.165) is 5.75 Å². The van der Waals surface area contributed by atoms with Crippen molar-refractivity contribution < 1.29 is 4.74 Å². The molecule has 0 unspecified atom stereocenters. The van der Waals surface area contributed by atoms with Gasteiger partial charge in [0.2, 0.25) is 0 Å². The number of nitrogens with zero attached hydrogens (tertiary/aromatic N) is 1. The molecular weight excluding hydrogens is 236 g/mol. The van der Waals surface area contributed by atoms with Gasteiger partial charge in [0.1, 0.15) is 5.75 Å². The molecule has 19 heavy (non-hydrogen) atoms. The van der Waals surface area contributed by atoms with Gasteiger partial charge in [0.15, 0.2) is 0 Å². The number of piperidine rings is 1. The number of anilines is 1. The molecule has 0 atom stereocenters. The summed E-state index contributed by atoms with van der Waals surface area (Å²) in [5, 5.41) is 3.68. The molecule has 0 saturated carbocycles. The zero-order valence-corrected chi connectivity index (χ0v) is 12.4. The van der Waals surface area contributed by atoms with Gasteiger partial charge in [-0.1, -0.05) is 6.92 Å². The summed E-state index contributed by atoms with van der Waals surface area (Å²) in [7, 11) is 1.71. The first-order chi connectivity index (χ1) is 9.22. The van der Waals surface area contributed by atoms with E-state index in [9.17, 15) is 0 Å². The predicted molar refractivity (Wildman–Crippen MR) is 81.1 cm³/mol. The highest BCUT2D eigenvalue weighted by atomic mass is 16.5. The Morgan fingerprint density at radius 2 is 2.05 bits per heavy atom. The third kappa shape index (κ3) is 3.87. The Morgan fingerprint density at radius 3 is 2.63 bits per heavy atom. The van der Waals surface area contributed by atoms with E-state index in [-0.39, 0.29) is 0 Å². The smallest absolute Gasteiger partial charge is 0.119 e. The van der Waals surface area contributed by atoms with Crippen LogP contribution in [-0.4, -0.2) is 37.7 Å². The van der Waals surface area contributed by atoms with Gasteiger partial charge in [-0.15, -0.1) is 0 Å². The number of hydrogen-bond acceptors (Lipinski definition) is 3. The van der Waals surface area contributed by atoms with E-state index >= 15 is 0 Å². The highest BCUT2D eigenvalue weighted by molar-refractivity contribution is 5.54. The van der Waals surface area contributed by atoms with Gasteiger partial charge in [-0.3, -0.25) is 0 Å². The number of aryl methyl sites for hydroxylation is 1. The Hall–Kier alpha value is -1.22. The second-order valence-electron chi connectivity index (χ2n) is 5.44. The number of rotatable bonds is 5. The topological polar surface area (TPSA) is 24.5 Å². The quantitative estimate of drug-likeness (QED) is 0.881. The standard InChI is InChI=1S/C16H26N2O/c1-4-9-18-10-7-14(8-11-18)17-16-6-5-15(19-3)12-13(16)2/h5-6,12,14,17H,4,7-11H2,1-3H3. The second kappa shape index (κ2) is 6.80. The molecule has 0 aromatic heterocycles. The fourth-order valence-corrected chi connectivity index (χ4v) is 2.76.